The van der Waals surface area contributed by atoms with E-state index in [1.54, 1.807) is 7.11 Å². The van der Waals surface area contributed by atoms with E-state index >= 15 is 0 Å². The van der Waals surface area contributed by atoms with E-state index in [1.165, 1.54) is 6.92 Å². The van der Waals surface area contributed by atoms with Gasteiger partial charge in [0.2, 0.25) is 0 Å². The quantitative estimate of drug-likeness (QED) is 0.214. The molecule has 6 aliphatic carbocycles. The molecule has 8 nitrogen and oxygen atoms in total. The fourth-order valence-electron chi connectivity index (χ4n) is 13.0. The van der Waals surface area contributed by atoms with Crippen LogP contribution in [0.5, 0.6) is 5.75 Å². The van der Waals surface area contributed by atoms with Gasteiger partial charge in [-0.05, 0) is 96.1 Å². The number of carbonyl (C=O) groups excluding carboxylic acids is 2. The molecule has 5 saturated carbocycles. The van der Waals surface area contributed by atoms with Crippen LogP contribution in [0, 0.1) is 51.8 Å². The lowest BCUT2D eigenvalue weighted by Crippen LogP contribution is -2.60. The standard InChI is InChI=1S/C40H52O8/c1-21(2)25-11-13-27(32(25)46-22(3)42)26-12-14-28-29(26)19-38(20-41)31-16-18-40(38,33(28)43)36(44)39(31)17-15-30-34(39)47-35(48-37(30,4)5)23-7-9-24(45-6)10-8-23/h7-10,19-20,25-28,30-36,43-44H,1,11-18H2,2-6H3/t25-,26-,27+,28+,30+,31-,32+,33-,34-,35?,36-,38-,39+,40+/m0/s1. The van der Waals surface area contributed by atoms with Gasteiger partial charge in [-0.1, -0.05) is 35.9 Å². The molecule has 1 aromatic carbocycles. The van der Waals surface area contributed by atoms with Gasteiger partial charge in [-0.3, -0.25) is 4.79 Å². The third-order valence-electron chi connectivity index (χ3n) is 14.9. The maximum atomic E-state index is 13.8. The minimum atomic E-state index is -1.00. The van der Waals surface area contributed by atoms with Gasteiger partial charge in [0.05, 0.1) is 36.4 Å². The van der Waals surface area contributed by atoms with Gasteiger partial charge >= 0.3 is 5.97 Å². The second kappa shape index (κ2) is 11.0. The molecule has 1 aromatic rings. The van der Waals surface area contributed by atoms with Gasteiger partial charge < -0.3 is 34.0 Å². The number of allylic oxidation sites excluding steroid dienone is 1. The Kier molecular flexibility index (Phi) is 7.48. The molecule has 6 fully saturated rings. The van der Waals surface area contributed by atoms with Crippen LogP contribution in [0.1, 0.15) is 90.9 Å². The van der Waals surface area contributed by atoms with Crippen molar-refractivity contribution in [3.8, 4) is 5.75 Å². The molecule has 0 aromatic heterocycles. The highest BCUT2D eigenvalue weighted by Crippen LogP contribution is 2.81. The fourth-order valence-corrected chi connectivity index (χ4v) is 13.0. The van der Waals surface area contributed by atoms with Gasteiger partial charge in [-0.15, -0.1) is 0 Å². The molecular formula is C40H52O8. The highest BCUT2D eigenvalue weighted by molar-refractivity contribution is 5.71. The molecule has 0 radical (unpaired) electrons. The first-order chi connectivity index (χ1) is 22.9. The smallest absolute Gasteiger partial charge is 0.302 e. The number of aldehydes is 1. The summed E-state index contributed by atoms with van der Waals surface area (Å²) in [5.41, 5.74) is -0.132. The highest BCUT2D eigenvalue weighted by Gasteiger charge is 2.84. The predicted molar refractivity (Wildman–Crippen MR) is 177 cm³/mol. The van der Waals surface area contributed by atoms with Crippen LogP contribution >= 0.6 is 0 Å². The average molecular weight is 661 g/mol. The summed E-state index contributed by atoms with van der Waals surface area (Å²) in [6.45, 7) is 11.9. The molecule has 48 heavy (non-hydrogen) atoms. The summed E-state index contributed by atoms with van der Waals surface area (Å²) in [7, 11) is 1.64. The maximum absolute atomic E-state index is 13.8. The molecular weight excluding hydrogens is 608 g/mol. The molecule has 0 amide bonds. The lowest BCUT2D eigenvalue weighted by Gasteiger charge is -2.54. The number of rotatable bonds is 6. The number of aliphatic hydroxyl groups is 2. The second-order valence-electron chi connectivity index (χ2n) is 16.9. The van der Waals surface area contributed by atoms with Crippen molar-refractivity contribution in [2.45, 2.75) is 115 Å². The van der Waals surface area contributed by atoms with Crippen molar-refractivity contribution in [1.29, 1.82) is 0 Å². The van der Waals surface area contributed by atoms with E-state index in [-0.39, 0.29) is 53.7 Å². The Bertz CT molecular complexity index is 1530. The first-order valence-electron chi connectivity index (χ1n) is 18.2. The number of fused-ring (bicyclic) bond motifs is 4. The Morgan fingerprint density at radius 3 is 2.40 bits per heavy atom. The van der Waals surface area contributed by atoms with Crippen molar-refractivity contribution >= 4 is 12.3 Å². The number of hydrogen-bond acceptors (Lipinski definition) is 8. The van der Waals surface area contributed by atoms with E-state index in [9.17, 15) is 19.8 Å². The number of aliphatic hydroxyl groups excluding tert-OH is 2. The van der Waals surface area contributed by atoms with Crippen molar-refractivity contribution in [3.05, 3.63) is 53.6 Å². The number of esters is 1. The van der Waals surface area contributed by atoms with Crippen molar-refractivity contribution in [1.82, 2.24) is 0 Å². The average Bonchev–Trinajstić information content (AvgIpc) is 3.85. The van der Waals surface area contributed by atoms with Gasteiger partial charge in [-0.2, -0.15) is 0 Å². The number of methoxy groups -OCH3 is 1. The van der Waals surface area contributed by atoms with Crippen LogP contribution in [0.15, 0.2) is 48.1 Å². The van der Waals surface area contributed by atoms with Crippen LogP contribution in [-0.2, 0) is 23.8 Å². The van der Waals surface area contributed by atoms with Gasteiger partial charge in [0.15, 0.2) is 6.29 Å². The normalized spacial score (nSPS) is 48.1. The summed E-state index contributed by atoms with van der Waals surface area (Å²) in [6.07, 6.45) is 6.76. The van der Waals surface area contributed by atoms with Crippen LogP contribution in [0.25, 0.3) is 0 Å². The number of carbonyl (C=O) groups is 2. The monoisotopic (exact) mass is 660 g/mol. The van der Waals surface area contributed by atoms with E-state index in [2.05, 4.69) is 26.5 Å². The zero-order valence-corrected chi connectivity index (χ0v) is 29.0. The predicted octanol–water partition coefficient (Wildman–Crippen LogP) is 6.10. The SMILES string of the molecule is C=C(C)[C@@H]1CC[C@H]([C@@H]2CC[C@@H]3C2=C[C@]2(C=O)[C@@H]4CC[C@@]2([C@H]3O)[C@@H](O)[C@]42CC[C@@H]3[C@@H]2OC(c2ccc(OC)cc2)OC3(C)C)[C@@H]1OC(C)=O. The molecule has 8 heteroatoms. The molecule has 1 unspecified atom stereocenters. The Morgan fingerprint density at radius 2 is 1.73 bits per heavy atom. The molecule has 2 N–H and O–H groups in total. The van der Waals surface area contributed by atoms with Gasteiger partial charge in [0.1, 0.15) is 18.1 Å². The Labute approximate surface area is 284 Å². The van der Waals surface area contributed by atoms with Gasteiger partial charge in [0.25, 0.3) is 0 Å². The van der Waals surface area contributed by atoms with E-state index in [4.69, 9.17) is 18.9 Å². The number of hydrogen-bond donors (Lipinski definition) is 2. The summed E-state index contributed by atoms with van der Waals surface area (Å²) in [5, 5.41) is 25.4. The van der Waals surface area contributed by atoms with Crippen molar-refractivity contribution in [2.75, 3.05) is 7.11 Å². The molecule has 14 atom stereocenters. The van der Waals surface area contributed by atoms with Gasteiger partial charge in [0, 0.05) is 47.0 Å². The largest absolute Gasteiger partial charge is 0.497 e. The number of benzene rings is 1. The van der Waals surface area contributed by atoms with E-state index in [1.807, 2.05) is 31.2 Å². The summed E-state index contributed by atoms with van der Waals surface area (Å²) in [4.78, 5) is 26.1. The Balaban J connectivity index is 1.19. The molecule has 8 rings (SSSR count). The molecule has 1 aliphatic heterocycles. The maximum Gasteiger partial charge on any atom is 0.302 e. The van der Waals surface area contributed by atoms with Crippen LogP contribution < -0.4 is 4.74 Å². The third kappa shape index (κ3) is 4.03. The minimum Gasteiger partial charge on any atom is -0.497 e. The van der Waals surface area contributed by atoms with Crippen LogP contribution in [-0.4, -0.2) is 59.6 Å². The summed E-state index contributed by atoms with van der Waals surface area (Å²) >= 11 is 0. The van der Waals surface area contributed by atoms with E-state index < -0.39 is 40.3 Å². The first kappa shape index (κ1) is 32.7. The molecule has 7 aliphatic rings. The molecule has 260 valence electrons. The molecule has 1 spiro atoms. The minimum absolute atomic E-state index is 0.0299. The second-order valence-corrected chi connectivity index (χ2v) is 16.9. The lowest BCUT2D eigenvalue weighted by molar-refractivity contribution is -0.324. The fraction of sp³-hybridized carbons (Fsp3) is 0.700. The first-order valence-corrected chi connectivity index (χ1v) is 18.2. The molecule has 1 heterocycles. The van der Waals surface area contributed by atoms with Crippen LogP contribution in [0.2, 0.25) is 0 Å². The summed E-state index contributed by atoms with van der Waals surface area (Å²) < 4.78 is 25.0. The van der Waals surface area contributed by atoms with Crippen molar-refractivity contribution < 1.29 is 38.7 Å². The lowest BCUT2D eigenvalue weighted by atomic mass is 9.55. The summed E-state index contributed by atoms with van der Waals surface area (Å²) in [5.74, 6) is 0.516. The zero-order valence-electron chi connectivity index (χ0n) is 29.0. The highest BCUT2D eigenvalue weighted by atomic mass is 16.7. The van der Waals surface area contributed by atoms with Crippen LogP contribution in [0.4, 0.5) is 0 Å². The van der Waals surface area contributed by atoms with Crippen molar-refractivity contribution in [3.63, 3.8) is 0 Å². The molecule has 1 saturated heterocycles. The Hall–Kier alpha value is -2.52. The molecule has 2 bridgehead atoms. The summed E-state index contributed by atoms with van der Waals surface area (Å²) in [6, 6.07) is 7.73. The van der Waals surface area contributed by atoms with Crippen LogP contribution in [0.3, 0.4) is 0 Å². The Morgan fingerprint density at radius 1 is 1.00 bits per heavy atom. The zero-order chi connectivity index (χ0) is 34.0. The number of ether oxygens (including phenoxy) is 4. The van der Waals surface area contributed by atoms with E-state index in [0.29, 0.717) is 6.42 Å². The third-order valence-corrected chi connectivity index (χ3v) is 14.9. The topological polar surface area (TPSA) is 112 Å². The van der Waals surface area contributed by atoms with E-state index in [0.717, 1.165) is 73.7 Å². The van der Waals surface area contributed by atoms with Gasteiger partial charge in [-0.25, -0.2) is 0 Å². The van der Waals surface area contributed by atoms with Crippen molar-refractivity contribution in [2.24, 2.45) is 51.8 Å².